The van der Waals surface area contributed by atoms with Crippen LogP contribution < -0.4 is 4.74 Å². The molecule has 1 unspecified atom stereocenters. The molecule has 0 spiro atoms. The van der Waals surface area contributed by atoms with Crippen molar-refractivity contribution in [3.8, 4) is 17.1 Å². The molecule has 0 aliphatic heterocycles. The fourth-order valence-corrected chi connectivity index (χ4v) is 2.04. The lowest BCUT2D eigenvalue weighted by Crippen LogP contribution is -2.28. The lowest BCUT2D eigenvalue weighted by atomic mass is 10.1. The second-order valence-corrected chi connectivity index (χ2v) is 5.06. The molecule has 0 N–H and O–H groups in total. The van der Waals surface area contributed by atoms with Gasteiger partial charge in [0.1, 0.15) is 11.6 Å². The number of halogens is 2. The van der Waals surface area contributed by atoms with E-state index in [0.29, 0.717) is 5.69 Å². The Morgan fingerprint density at radius 2 is 2.00 bits per heavy atom. The van der Waals surface area contributed by atoms with E-state index < -0.39 is 36.3 Å². The van der Waals surface area contributed by atoms with Crippen LogP contribution in [0.3, 0.4) is 0 Å². The molecule has 25 heavy (non-hydrogen) atoms. The Kier molecular flexibility index (Phi) is 5.68. The van der Waals surface area contributed by atoms with E-state index in [0.717, 1.165) is 12.1 Å². The number of aromatic nitrogens is 2. The van der Waals surface area contributed by atoms with Gasteiger partial charge in [-0.05, 0) is 19.1 Å². The molecule has 0 saturated heterocycles. The fraction of sp³-hybridized carbons (Fsp3) is 0.312. The first-order valence-corrected chi connectivity index (χ1v) is 7.21. The van der Waals surface area contributed by atoms with Crippen LogP contribution in [0.5, 0.6) is 5.88 Å². The van der Waals surface area contributed by atoms with Crippen molar-refractivity contribution in [3.63, 3.8) is 0 Å². The summed E-state index contributed by atoms with van der Waals surface area (Å²) < 4.78 is 42.6. The largest absolute Gasteiger partial charge is 0.466 e. The molecule has 1 atom stereocenters. The number of esters is 2. The minimum absolute atomic E-state index is 0.0453. The molecule has 1 aromatic carbocycles. The topological polar surface area (TPSA) is 79.6 Å². The smallest absolute Gasteiger partial charge is 0.346 e. The summed E-state index contributed by atoms with van der Waals surface area (Å²) >= 11 is 0. The van der Waals surface area contributed by atoms with Gasteiger partial charge in [0.2, 0.25) is 5.88 Å². The highest BCUT2D eigenvalue weighted by molar-refractivity contribution is 5.79. The van der Waals surface area contributed by atoms with Gasteiger partial charge in [0.25, 0.3) is 0 Å². The zero-order valence-corrected chi connectivity index (χ0v) is 13.8. The summed E-state index contributed by atoms with van der Waals surface area (Å²) in [6.45, 7) is 0.865. The van der Waals surface area contributed by atoms with E-state index in [9.17, 15) is 18.4 Å². The Morgan fingerprint density at radius 1 is 1.28 bits per heavy atom. The summed E-state index contributed by atoms with van der Waals surface area (Å²) in [5.74, 6) is -2.88. The zero-order chi connectivity index (χ0) is 18.6. The molecule has 134 valence electrons. The highest BCUT2D eigenvalue weighted by atomic mass is 19.1. The van der Waals surface area contributed by atoms with Crippen molar-refractivity contribution in [2.75, 3.05) is 13.7 Å². The maximum absolute atomic E-state index is 13.9. The van der Waals surface area contributed by atoms with Crippen molar-refractivity contribution in [2.24, 2.45) is 7.05 Å². The Labute approximate surface area is 142 Å². The highest BCUT2D eigenvalue weighted by Crippen LogP contribution is 2.26. The molecule has 0 saturated carbocycles. The van der Waals surface area contributed by atoms with Crippen LogP contribution in [0, 0.1) is 11.6 Å². The van der Waals surface area contributed by atoms with Crippen LogP contribution in [-0.2, 0) is 26.1 Å². The molecular formula is C16H16F2N2O5. The van der Waals surface area contributed by atoms with Gasteiger partial charge in [0.15, 0.2) is 12.7 Å². The van der Waals surface area contributed by atoms with Gasteiger partial charge in [0.05, 0.1) is 12.8 Å². The van der Waals surface area contributed by atoms with E-state index in [1.807, 2.05) is 0 Å². The Morgan fingerprint density at radius 3 is 2.64 bits per heavy atom. The Hall–Kier alpha value is -2.97. The molecule has 0 bridgehead atoms. The van der Waals surface area contributed by atoms with Crippen LogP contribution in [-0.4, -0.2) is 41.5 Å². The number of carbonyl (C=O) groups is 2. The highest BCUT2D eigenvalue weighted by Gasteiger charge is 2.19. The molecule has 0 aliphatic carbocycles. The van der Waals surface area contributed by atoms with E-state index in [4.69, 9.17) is 9.47 Å². The van der Waals surface area contributed by atoms with Crippen LogP contribution in [0.25, 0.3) is 11.3 Å². The fourth-order valence-electron chi connectivity index (χ4n) is 2.04. The van der Waals surface area contributed by atoms with Crippen LogP contribution in [0.1, 0.15) is 6.92 Å². The van der Waals surface area contributed by atoms with Gasteiger partial charge in [-0.1, -0.05) is 0 Å². The van der Waals surface area contributed by atoms with Crippen molar-refractivity contribution in [1.29, 1.82) is 0 Å². The monoisotopic (exact) mass is 354 g/mol. The predicted octanol–water partition coefficient (Wildman–Crippen LogP) is 1.85. The van der Waals surface area contributed by atoms with E-state index in [1.165, 1.54) is 30.8 Å². The summed E-state index contributed by atoms with van der Waals surface area (Å²) in [6.07, 6.45) is -1.06. The van der Waals surface area contributed by atoms with Crippen molar-refractivity contribution in [2.45, 2.75) is 13.0 Å². The number of methoxy groups -OCH3 is 1. The predicted molar refractivity (Wildman–Crippen MR) is 81.6 cm³/mol. The van der Waals surface area contributed by atoms with Crippen LogP contribution in [0.2, 0.25) is 0 Å². The number of benzene rings is 1. The quantitative estimate of drug-likeness (QED) is 0.737. The van der Waals surface area contributed by atoms with Gasteiger partial charge >= 0.3 is 11.9 Å². The molecular weight excluding hydrogens is 338 g/mol. The number of rotatable bonds is 6. The standard InChI is InChI=1S/C16H16F2N2O5/c1-9(16(22)23-3)25-15(21)8-24-14-7-13(20(2)19-14)11-5-4-10(17)6-12(11)18/h4-7,9H,8H2,1-3H3. The van der Waals surface area contributed by atoms with Gasteiger partial charge in [-0.15, -0.1) is 5.10 Å². The third-order valence-corrected chi connectivity index (χ3v) is 3.24. The Balaban J connectivity index is 2.03. The molecule has 9 heteroatoms. The molecule has 2 rings (SSSR count). The minimum atomic E-state index is -1.06. The summed E-state index contributed by atoms with van der Waals surface area (Å²) in [5.41, 5.74) is 0.469. The number of hydrogen-bond donors (Lipinski definition) is 0. The van der Waals surface area contributed by atoms with Crippen molar-refractivity contribution < 1.29 is 32.6 Å². The summed E-state index contributed by atoms with van der Waals surface area (Å²) in [6, 6.07) is 4.55. The van der Waals surface area contributed by atoms with Gasteiger partial charge < -0.3 is 14.2 Å². The maximum Gasteiger partial charge on any atom is 0.346 e. The first kappa shape index (κ1) is 18.4. The van der Waals surface area contributed by atoms with Crippen molar-refractivity contribution >= 4 is 11.9 Å². The van der Waals surface area contributed by atoms with E-state index in [1.54, 1.807) is 7.05 Å². The Bertz CT molecular complexity index is 791. The summed E-state index contributed by atoms with van der Waals surface area (Å²) in [5, 5.41) is 3.99. The van der Waals surface area contributed by atoms with Crippen LogP contribution >= 0.6 is 0 Å². The summed E-state index contributed by atoms with van der Waals surface area (Å²) in [4.78, 5) is 22.8. The third-order valence-electron chi connectivity index (χ3n) is 3.24. The number of hydrogen-bond acceptors (Lipinski definition) is 6. The first-order chi connectivity index (χ1) is 11.8. The second kappa shape index (κ2) is 7.73. The van der Waals surface area contributed by atoms with Crippen molar-refractivity contribution in [3.05, 3.63) is 35.9 Å². The molecule has 0 amide bonds. The van der Waals surface area contributed by atoms with Crippen LogP contribution in [0.4, 0.5) is 8.78 Å². The van der Waals surface area contributed by atoms with E-state index in [2.05, 4.69) is 9.84 Å². The number of aryl methyl sites for hydroxylation is 1. The molecule has 0 fully saturated rings. The van der Waals surface area contributed by atoms with E-state index in [-0.39, 0.29) is 11.4 Å². The number of carbonyl (C=O) groups excluding carboxylic acids is 2. The number of ether oxygens (including phenoxy) is 3. The zero-order valence-electron chi connectivity index (χ0n) is 13.8. The lowest BCUT2D eigenvalue weighted by Gasteiger charge is -2.10. The van der Waals surface area contributed by atoms with Crippen LogP contribution in [0.15, 0.2) is 24.3 Å². The van der Waals surface area contributed by atoms with Crippen molar-refractivity contribution in [1.82, 2.24) is 9.78 Å². The van der Waals surface area contributed by atoms with Gasteiger partial charge in [0, 0.05) is 24.7 Å². The van der Waals surface area contributed by atoms with E-state index >= 15 is 0 Å². The minimum Gasteiger partial charge on any atom is -0.466 e. The molecule has 2 aromatic rings. The third kappa shape index (κ3) is 4.52. The molecule has 7 nitrogen and oxygen atoms in total. The lowest BCUT2D eigenvalue weighted by molar-refractivity contribution is -0.165. The van der Waals surface area contributed by atoms with Gasteiger partial charge in [-0.3, -0.25) is 4.68 Å². The first-order valence-electron chi connectivity index (χ1n) is 7.21. The SMILES string of the molecule is COC(=O)C(C)OC(=O)COc1cc(-c2ccc(F)cc2F)n(C)n1. The molecule has 0 radical (unpaired) electrons. The number of nitrogens with zero attached hydrogens (tertiary/aromatic N) is 2. The van der Waals surface area contributed by atoms with Gasteiger partial charge in [-0.25, -0.2) is 18.4 Å². The maximum atomic E-state index is 13.9. The average molecular weight is 354 g/mol. The van der Waals surface area contributed by atoms with Gasteiger partial charge in [-0.2, -0.15) is 0 Å². The molecule has 1 aromatic heterocycles. The summed E-state index contributed by atoms with van der Waals surface area (Å²) in [7, 11) is 2.72. The average Bonchev–Trinajstić information content (AvgIpc) is 2.92. The normalized spacial score (nSPS) is 11.7. The second-order valence-electron chi connectivity index (χ2n) is 5.06. The molecule has 1 heterocycles. The molecule has 0 aliphatic rings.